The zero-order valence-corrected chi connectivity index (χ0v) is 16.5. The lowest BCUT2D eigenvalue weighted by Crippen LogP contribution is -2.05. The van der Waals surface area contributed by atoms with Gasteiger partial charge in [-0.1, -0.05) is 17.3 Å². The first kappa shape index (κ1) is 20.2. The van der Waals surface area contributed by atoms with E-state index >= 15 is 0 Å². The molecule has 0 unspecified atom stereocenters. The van der Waals surface area contributed by atoms with Crippen molar-refractivity contribution in [1.29, 1.82) is 0 Å². The van der Waals surface area contributed by atoms with Crippen LogP contribution in [0.25, 0.3) is 22.6 Å². The fraction of sp³-hybridized carbons (Fsp3) is 0.176. The maximum absolute atomic E-state index is 9.19. The minimum atomic E-state index is -3.67. The molecule has 1 aromatic carbocycles. The van der Waals surface area contributed by atoms with Gasteiger partial charge in [-0.25, -0.2) is 9.67 Å². The van der Waals surface area contributed by atoms with E-state index in [0.29, 0.717) is 35.4 Å². The number of hydrogen-bond acceptors (Lipinski definition) is 9. The Balaban J connectivity index is 0.000000431. The predicted octanol–water partition coefficient (Wildman–Crippen LogP) is 1.51. The molecule has 12 heteroatoms. The van der Waals surface area contributed by atoms with Crippen LogP contribution >= 0.6 is 0 Å². The lowest BCUT2D eigenvalue weighted by molar-refractivity contribution is 0.490. The number of aromatic nitrogens is 5. The van der Waals surface area contributed by atoms with Crippen LogP contribution < -0.4 is 11.5 Å². The van der Waals surface area contributed by atoms with Gasteiger partial charge >= 0.3 is 0 Å². The Morgan fingerprint density at radius 1 is 1.21 bits per heavy atom. The fourth-order valence-corrected chi connectivity index (χ4v) is 2.57. The maximum Gasteiger partial charge on any atom is 0.261 e. The number of nitrogens with zero attached hydrogens (tertiary/aromatic N) is 5. The first-order valence-electron chi connectivity index (χ1n) is 8.30. The van der Waals surface area contributed by atoms with Gasteiger partial charge in [0, 0.05) is 5.69 Å². The van der Waals surface area contributed by atoms with E-state index in [2.05, 4.69) is 20.3 Å². The Kier molecular flexibility index (Phi) is 5.48. The third-order valence-electron chi connectivity index (χ3n) is 3.80. The second-order valence-electron chi connectivity index (χ2n) is 6.25. The van der Waals surface area contributed by atoms with Gasteiger partial charge in [0.25, 0.3) is 10.1 Å². The van der Waals surface area contributed by atoms with E-state index < -0.39 is 10.1 Å². The summed E-state index contributed by atoms with van der Waals surface area (Å²) < 4.78 is 33.0. The summed E-state index contributed by atoms with van der Waals surface area (Å²) >= 11 is 0. The second-order valence-corrected chi connectivity index (χ2v) is 7.72. The molecule has 0 spiro atoms. The van der Waals surface area contributed by atoms with Crippen LogP contribution in [0.4, 0.5) is 11.6 Å². The zero-order valence-electron chi connectivity index (χ0n) is 15.6. The molecule has 0 saturated carbocycles. The summed E-state index contributed by atoms with van der Waals surface area (Å²) in [4.78, 5) is 8.51. The Morgan fingerprint density at radius 2 is 1.93 bits per heavy atom. The number of aryl methyl sites for hydroxylation is 1. The van der Waals surface area contributed by atoms with Crippen LogP contribution in [0.15, 0.2) is 41.0 Å². The van der Waals surface area contributed by atoms with Crippen LogP contribution in [0.2, 0.25) is 0 Å². The number of benzene rings is 1. The first-order chi connectivity index (χ1) is 13.6. The number of rotatable bonds is 3. The van der Waals surface area contributed by atoms with Crippen molar-refractivity contribution in [2.75, 3.05) is 17.7 Å². The summed E-state index contributed by atoms with van der Waals surface area (Å²) in [5.41, 5.74) is 16.2. The summed E-state index contributed by atoms with van der Waals surface area (Å²) in [5.74, 6) is 0.718. The number of furan rings is 1. The molecule has 152 valence electrons. The van der Waals surface area contributed by atoms with E-state index in [-0.39, 0.29) is 5.95 Å². The molecule has 29 heavy (non-hydrogen) atoms. The second kappa shape index (κ2) is 7.85. The van der Waals surface area contributed by atoms with Crippen molar-refractivity contribution < 1.29 is 17.4 Å². The van der Waals surface area contributed by atoms with E-state index in [0.717, 1.165) is 16.8 Å². The largest absolute Gasteiger partial charge is 0.463 e. The monoisotopic (exact) mass is 417 g/mol. The van der Waals surface area contributed by atoms with Crippen LogP contribution in [-0.4, -0.2) is 44.2 Å². The van der Waals surface area contributed by atoms with Crippen molar-refractivity contribution in [3.8, 4) is 11.5 Å². The number of nitrogen functional groups attached to an aromatic ring is 2. The minimum absolute atomic E-state index is 0.144. The molecule has 0 aliphatic carbocycles. The van der Waals surface area contributed by atoms with E-state index in [1.165, 1.54) is 0 Å². The van der Waals surface area contributed by atoms with Crippen molar-refractivity contribution >= 4 is 32.9 Å². The van der Waals surface area contributed by atoms with Crippen molar-refractivity contribution in [3.63, 3.8) is 0 Å². The summed E-state index contributed by atoms with van der Waals surface area (Å²) in [6.45, 7) is 2.47. The third-order valence-corrected chi connectivity index (χ3v) is 3.80. The molecular weight excluding hydrogens is 398 g/mol. The summed E-state index contributed by atoms with van der Waals surface area (Å²) in [6, 6.07) is 9.42. The molecule has 0 fully saturated rings. The summed E-state index contributed by atoms with van der Waals surface area (Å²) in [7, 11) is -3.67. The smallest absolute Gasteiger partial charge is 0.261 e. The van der Waals surface area contributed by atoms with Crippen molar-refractivity contribution in [2.24, 2.45) is 0 Å². The molecule has 0 saturated heterocycles. The van der Waals surface area contributed by atoms with Crippen molar-refractivity contribution in [2.45, 2.75) is 13.5 Å². The lowest BCUT2D eigenvalue weighted by Gasteiger charge is -2.06. The number of anilines is 2. The Bertz CT molecular complexity index is 1240. The van der Waals surface area contributed by atoms with Crippen LogP contribution in [-0.2, 0) is 16.7 Å². The minimum Gasteiger partial charge on any atom is -0.463 e. The molecule has 0 amide bonds. The molecule has 4 rings (SSSR count). The lowest BCUT2D eigenvalue weighted by atomic mass is 10.1. The van der Waals surface area contributed by atoms with Crippen molar-refractivity contribution in [1.82, 2.24) is 25.0 Å². The highest BCUT2D eigenvalue weighted by Gasteiger charge is 2.17. The van der Waals surface area contributed by atoms with Crippen molar-refractivity contribution in [3.05, 3.63) is 47.7 Å². The molecule has 3 heterocycles. The number of hydrogen-bond donors (Lipinski definition) is 3. The van der Waals surface area contributed by atoms with E-state index in [1.54, 1.807) is 23.1 Å². The maximum atomic E-state index is 9.19. The van der Waals surface area contributed by atoms with Gasteiger partial charge in [-0.05, 0) is 36.2 Å². The number of fused-ring (bicyclic) bond motifs is 1. The molecule has 5 N–H and O–H groups in total. The SMILES string of the molecule is CS(=O)(=O)O.Cc1cc(Cn2nnc3c(-c4ccco4)nc(N)nc32)ccc1N. The molecule has 0 aliphatic rings. The van der Waals surface area contributed by atoms with Gasteiger partial charge in [-0.15, -0.1) is 5.10 Å². The van der Waals surface area contributed by atoms with Crippen LogP contribution in [0.5, 0.6) is 0 Å². The molecule has 4 aromatic rings. The van der Waals surface area contributed by atoms with Crippen LogP contribution in [0, 0.1) is 6.92 Å². The third kappa shape index (κ3) is 5.06. The van der Waals surface area contributed by atoms with E-state index in [1.807, 2.05) is 25.1 Å². The Morgan fingerprint density at radius 3 is 2.55 bits per heavy atom. The van der Waals surface area contributed by atoms with Gasteiger partial charge in [-0.2, -0.15) is 13.4 Å². The quantitative estimate of drug-likeness (QED) is 0.327. The average molecular weight is 417 g/mol. The highest BCUT2D eigenvalue weighted by molar-refractivity contribution is 7.85. The van der Waals surface area contributed by atoms with Gasteiger partial charge < -0.3 is 15.9 Å². The Hall–Kier alpha value is -3.51. The standard InChI is InChI=1S/C16H15N7O.CH4O3S/c1-9-7-10(4-5-11(9)17)8-23-15-14(21-22-23)13(19-16(18)20-15)12-3-2-6-24-12;1-5(2,3)4/h2-7H,8,17H2,1H3,(H2,18,19,20);1H3,(H,2,3,4). The molecule has 0 bridgehead atoms. The molecule has 0 aliphatic heterocycles. The predicted molar refractivity (Wildman–Crippen MR) is 107 cm³/mol. The molecule has 0 radical (unpaired) electrons. The fourth-order valence-electron chi connectivity index (χ4n) is 2.57. The van der Waals surface area contributed by atoms with Gasteiger partial charge in [0.1, 0.15) is 5.69 Å². The van der Waals surface area contributed by atoms with Gasteiger partial charge in [0.15, 0.2) is 16.9 Å². The van der Waals surface area contributed by atoms with Crippen LogP contribution in [0.3, 0.4) is 0 Å². The van der Waals surface area contributed by atoms with Crippen LogP contribution in [0.1, 0.15) is 11.1 Å². The van der Waals surface area contributed by atoms with Gasteiger partial charge in [0.2, 0.25) is 5.95 Å². The van der Waals surface area contributed by atoms with E-state index in [4.69, 9.17) is 20.4 Å². The molecular formula is C17H19N7O4S. The average Bonchev–Trinajstić information content (AvgIpc) is 3.27. The first-order valence-corrected chi connectivity index (χ1v) is 10.1. The number of nitrogens with two attached hydrogens (primary N) is 2. The van der Waals surface area contributed by atoms with Gasteiger partial charge in [-0.3, -0.25) is 4.55 Å². The summed E-state index contributed by atoms with van der Waals surface area (Å²) in [5, 5.41) is 8.39. The highest BCUT2D eigenvalue weighted by atomic mass is 32.2. The van der Waals surface area contributed by atoms with E-state index in [9.17, 15) is 8.42 Å². The molecule has 0 atom stereocenters. The van der Waals surface area contributed by atoms with Gasteiger partial charge in [0.05, 0.1) is 19.1 Å². The normalized spacial score (nSPS) is 11.3. The molecule has 3 aromatic heterocycles. The Labute approximate surface area is 166 Å². The molecule has 11 nitrogen and oxygen atoms in total. The zero-order chi connectivity index (χ0) is 21.2. The topological polar surface area (TPSA) is 176 Å². The highest BCUT2D eigenvalue weighted by Crippen LogP contribution is 2.25. The summed E-state index contributed by atoms with van der Waals surface area (Å²) in [6.07, 6.45) is 2.29.